The number of carbonyl (C=O) groups excluding carboxylic acids is 2. The molecule has 2 amide bonds. The Balaban J connectivity index is 1.60. The number of thioether (sulfide) groups is 1. The minimum atomic E-state index is -0.382. The molecule has 7 nitrogen and oxygen atoms in total. The molecule has 0 bridgehead atoms. The second-order valence-electron chi connectivity index (χ2n) is 6.65. The Morgan fingerprint density at radius 1 is 1.37 bits per heavy atom. The normalized spacial score (nSPS) is 13.6. The van der Waals surface area contributed by atoms with E-state index in [1.807, 2.05) is 4.57 Å². The van der Waals surface area contributed by atoms with Crippen molar-refractivity contribution in [2.45, 2.75) is 43.4 Å². The van der Waals surface area contributed by atoms with Crippen molar-refractivity contribution in [3.8, 4) is 0 Å². The predicted molar refractivity (Wildman–Crippen MR) is 99.4 cm³/mol. The Hall–Kier alpha value is -2.42. The summed E-state index contributed by atoms with van der Waals surface area (Å²) < 4.78 is 15.2. The highest BCUT2D eigenvalue weighted by atomic mass is 32.2. The van der Waals surface area contributed by atoms with Crippen LogP contribution in [0.15, 0.2) is 29.4 Å². The van der Waals surface area contributed by atoms with E-state index in [0.29, 0.717) is 24.2 Å². The standard InChI is InChI=1S/C18H22FN5O2S/c1-23(10-12-3-2-4-14(19)9-12)16(26)11-27-18-22-21-17(13-5-6-13)24(18)8-7-15(20)25/h2-4,9,13H,5-8,10-11H2,1H3,(H2,20,25). The number of nitrogens with zero attached hydrogens (tertiary/aromatic N) is 4. The maximum absolute atomic E-state index is 13.3. The molecule has 2 aromatic rings. The van der Waals surface area contributed by atoms with Gasteiger partial charge in [-0.1, -0.05) is 23.9 Å². The number of rotatable bonds is 9. The van der Waals surface area contributed by atoms with Crippen molar-refractivity contribution in [3.63, 3.8) is 0 Å². The lowest BCUT2D eigenvalue weighted by molar-refractivity contribution is -0.127. The van der Waals surface area contributed by atoms with Crippen LogP contribution >= 0.6 is 11.8 Å². The molecule has 2 N–H and O–H groups in total. The molecule has 1 aromatic heterocycles. The average Bonchev–Trinajstić information content (AvgIpc) is 3.38. The minimum absolute atomic E-state index is 0.0957. The summed E-state index contributed by atoms with van der Waals surface area (Å²) in [5, 5.41) is 9.03. The summed E-state index contributed by atoms with van der Waals surface area (Å²) >= 11 is 1.29. The number of nitrogens with two attached hydrogens (primary N) is 1. The summed E-state index contributed by atoms with van der Waals surface area (Å²) in [6, 6.07) is 6.19. The van der Waals surface area contributed by atoms with Crippen LogP contribution in [-0.2, 0) is 22.7 Å². The number of hydrogen-bond donors (Lipinski definition) is 1. The van der Waals surface area contributed by atoms with Crippen LogP contribution in [0, 0.1) is 5.82 Å². The van der Waals surface area contributed by atoms with Crippen LogP contribution in [0.25, 0.3) is 0 Å². The van der Waals surface area contributed by atoms with Crippen LogP contribution in [-0.4, -0.2) is 44.3 Å². The maximum Gasteiger partial charge on any atom is 0.233 e. The molecule has 1 aliphatic carbocycles. The van der Waals surface area contributed by atoms with Crippen molar-refractivity contribution in [2.75, 3.05) is 12.8 Å². The molecule has 0 aliphatic heterocycles. The quantitative estimate of drug-likeness (QED) is 0.659. The molecule has 144 valence electrons. The fourth-order valence-corrected chi connectivity index (χ4v) is 3.63. The van der Waals surface area contributed by atoms with E-state index < -0.39 is 0 Å². The number of halogens is 1. The average molecular weight is 391 g/mol. The summed E-state index contributed by atoms with van der Waals surface area (Å²) in [5.74, 6) is 0.628. The summed E-state index contributed by atoms with van der Waals surface area (Å²) in [7, 11) is 1.68. The van der Waals surface area contributed by atoms with Gasteiger partial charge in [0.1, 0.15) is 11.6 Å². The van der Waals surface area contributed by atoms with Crippen LogP contribution in [0.1, 0.15) is 36.6 Å². The van der Waals surface area contributed by atoms with Gasteiger partial charge < -0.3 is 15.2 Å². The van der Waals surface area contributed by atoms with E-state index in [2.05, 4.69) is 10.2 Å². The number of benzene rings is 1. The second-order valence-corrected chi connectivity index (χ2v) is 7.59. The molecule has 1 aromatic carbocycles. The van der Waals surface area contributed by atoms with Crippen LogP contribution in [0.2, 0.25) is 0 Å². The molecule has 1 fully saturated rings. The molecular formula is C18H22FN5O2S. The molecule has 0 unspecified atom stereocenters. The third-order valence-electron chi connectivity index (χ3n) is 4.33. The topological polar surface area (TPSA) is 94.1 Å². The van der Waals surface area contributed by atoms with Gasteiger partial charge in [-0.2, -0.15) is 0 Å². The lowest BCUT2D eigenvalue weighted by Gasteiger charge is -2.17. The fourth-order valence-electron chi connectivity index (χ4n) is 2.72. The molecule has 0 spiro atoms. The third kappa shape index (κ3) is 5.29. The summed E-state index contributed by atoms with van der Waals surface area (Å²) in [6.07, 6.45) is 2.34. The van der Waals surface area contributed by atoms with Gasteiger partial charge in [0.2, 0.25) is 11.8 Å². The molecule has 27 heavy (non-hydrogen) atoms. The van der Waals surface area contributed by atoms with Gasteiger partial charge >= 0.3 is 0 Å². The van der Waals surface area contributed by atoms with E-state index in [1.165, 1.54) is 23.9 Å². The number of carbonyl (C=O) groups is 2. The molecule has 0 atom stereocenters. The van der Waals surface area contributed by atoms with E-state index in [4.69, 9.17) is 5.73 Å². The highest BCUT2D eigenvalue weighted by molar-refractivity contribution is 7.99. The van der Waals surface area contributed by atoms with Crippen LogP contribution in [0.4, 0.5) is 4.39 Å². The van der Waals surface area contributed by atoms with Crippen molar-refractivity contribution in [1.82, 2.24) is 19.7 Å². The van der Waals surface area contributed by atoms with Crippen molar-refractivity contribution >= 4 is 23.6 Å². The van der Waals surface area contributed by atoms with E-state index in [9.17, 15) is 14.0 Å². The first kappa shape index (κ1) is 19.3. The van der Waals surface area contributed by atoms with Gasteiger partial charge in [-0.25, -0.2) is 4.39 Å². The van der Waals surface area contributed by atoms with Gasteiger partial charge in [-0.05, 0) is 30.5 Å². The molecule has 9 heteroatoms. The van der Waals surface area contributed by atoms with Crippen LogP contribution in [0.5, 0.6) is 0 Å². The Morgan fingerprint density at radius 2 is 2.15 bits per heavy atom. The first-order valence-electron chi connectivity index (χ1n) is 8.76. The van der Waals surface area contributed by atoms with Gasteiger partial charge in [-0.15, -0.1) is 10.2 Å². The smallest absolute Gasteiger partial charge is 0.233 e. The molecule has 1 aliphatic rings. The second kappa shape index (κ2) is 8.51. The largest absolute Gasteiger partial charge is 0.370 e. The monoisotopic (exact) mass is 391 g/mol. The molecule has 1 heterocycles. The zero-order valence-electron chi connectivity index (χ0n) is 15.1. The van der Waals surface area contributed by atoms with E-state index in [1.54, 1.807) is 24.1 Å². The molecule has 0 saturated heterocycles. The number of aromatic nitrogens is 3. The summed E-state index contributed by atoms with van der Waals surface area (Å²) in [6.45, 7) is 0.753. The van der Waals surface area contributed by atoms with E-state index >= 15 is 0 Å². The van der Waals surface area contributed by atoms with Crippen molar-refractivity contribution in [2.24, 2.45) is 5.73 Å². The summed E-state index contributed by atoms with van der Waals surface area (Å²) in [5.41, 5.74) is 5.99. The highest BCUT2D eigenvalue weighted by Gasteiger charge is 2.30. The highest BCUT2D eigenvalue weighted by Crippen LogP contribution is 2.40. The van der Waals surface area contributed by atoms with Crippen molar-refractivity contribution in [3.05, 3.63) is 41.5 Å². The maximum atomic E-state index is 13.3. The lowest BCUT2D eigenvalue weighted by atomic mass is 10.2. The van der Waals surface area contributed by atoms with Gasteiger partial charge in [0.25, 0.3) is 0 Å². The number of amides is 2. The first-order chi connectivity index (χ1) is 12.9. The van der Waals surface area contributed by atoms with Gasteiger partial charge in [0, 0.05) is 32.5 Å². The van der Waals surface area contributed by atoms with Crippen molar-refractivity contribution in [1.29, 1.82) is 0 Å². The summed E-state index contributed by atoms with van der Waals surface area (Å²) in [4.78, 5) is 25.1. The predicted octanol–water partition coefficient (Wildman–Crippen LogP) is 1.92. The van der Waals surface area contributed by atoms with Gasteiger partial charge in [0.15, 0.2) is 5.16 Å². The third-order valence-corrected chi connectivity index (χ3v) is 5.28. The Bertz CT molecular complexity index is 837. The molecule has 1 saturated carbocycles. The van der Waals surface area contributed by atoms with E-state index in [0.717, 1.165) is 24.2 Å². The van der Waals surface area contributed by atoms with Gasteiger partial charge in [-0.3, -0.25) is 9.59 Å². The van der Waals surface area contributed by atoms with Gasteiger partial charge in [0.05, 0.1) is 5.75 Å². The van der Waals surface area contributed by atoms with Crippen LogP contribution < -0.4 is 5.73 Å². The number of hydrogen-bond acceptors (Lipinski definition) is 5. The van der Waals surface area contributed by atoms with Crippen molar-refractivity contribution < 1.29 is 14.0 Å². The molecule has 0 radical (unpaired) electrons. The zero-order valence-corrected chi connectivity index (χ0v) is 15.9. The Kier molecular flexibility index (Phi) is 6.10. The molecule has 3 rings (SSSR count). The number of primary amides is 1. The SMILES string of the molecule is CN(Cc1cccc(F)c1)C(=O)CSc1nnc(C2CC2)n1CCC(N)=O. The Morgan fingerprint density at radius 3 is 2.81 bits per heavy atom. The zero-order chi connectivity index (χ0) is 19.4. The minimum Gasteiger partial charge on any atom is -0.370 e. The van der Waals surface area contributed by atoms with Crippen LogP contribution in [0.3, 0.4) is 0 Å². The lowest BCUT2D eigenvalue weighted by Crippen LogP contribution is -2.28. The first-order valence-corrected chi connectivity index (χ1v) is 9.75. The Labute approximate surface area is 161 Å². The molecular weight excluding hydrogens is 369 g/mol. The van der Waals surface area contributed by atoms with E-state index in [-0.39, 0.29) is 29.8 Å². The fraction of sp³-hybridized carbons (Fsp3) is 0.444.